The first kappa shape index (κ1) is 11.0. The minimum absolute atomic E-state index is 0.00648. The number of hydrogen-bond acceptors (Lipinski definition) is 2. The van der Waals surface area contributed by atoms with Gasteiger partial charge in [-0.1, -0.05) is 12.1 Å². The maximum Gasteiger partial charge on any atom is 0.137 e. The molecule has 2 aliphatic rings. The molecular weight excluding hydrogens is 217 g/mol. The van der Waals surface area contributed by atoms with Crippen molar-refractivity contribution in [1.82, 2.24) is 0 Å². The van der Waals surface area contributed by atoms with Gasteiger partial charge in [0, 0.05) is 12.5 Å². The Morgan fingerprint density at radius 1 is 1.29 bits per heavy atom. The van der Waals surface area contributed by atoms with Crippen molar-refractivity contribution in [2.45, 2.75) is 49.9 Å². The molecule has 2 fully saturated rings. The number of nitrogens with two attached hydrogens (primary N) is 1. The summed E-state index contributed by atoms with van der Waals surface area (Å²) in [5.41, 5.74) is 5.28. The Morgan fingerprint density at radius 3 is 2.76 bits per heavy atom. The van der Waals surface area contributed by atoms with Gasteiger partial charge in [0.15, 0.2) is 0 Å². The van der Waals surface area contributed by atoms with Gasteiger partial charge in [-0.15, -0.1) is 0 Å². The Balaban J connectivity index is 1.81. The van der Waals surface area contributed by atoms with Crippen LogP contribution in [0.25, 0.3) is 0 Å². The van der Waals surface area contributed by atoms with E-state index in [1.54, 1.807) is 0 Å². The summed E-state index contributed by atoms with van der Waals surface area (Å²) in [5.74, 6) is 0.794. The lowest BCUT2D eigenvalue weighted by Crippen LogP contribution is -2.21. The van der Waals surface area contributed by atoms with Crippen molar-refractivity contribution in [2.75, 3.05) is 0 Å². The van der Waals surface area contributed by atoms with Gasteiger partial charge in [-0.05, 0) is 43.4 Å². The smallest absolute Gasteiger partial charge is 0.137 e. The van der Waals surface area contributed by atoms with Gasteiger partial charge in [0.25, 0.3) is 0 Å². The summed E-state index contributed by atoms with van der Waals surface area (Å²) in [6.45, 7) is 0. The maximum atomic E-state index is 14.7. The van der Waals surface area contributed by atoms with Gasteiger partial charge >= 0.3 is 0 Å². The van der Waals surface area contributed by atoms with E-state index in [1.807, 2.05) is 24.3 Å². The first-order chi connectivity index (χ1) is 8.16. The largest absolute Gasteiger partial charge is 0.490 e. The monoisotopic (exact) mass is 235 g/mol. The molecule has 1 aromatic carbocycles. The second-order valence-corrected chi connectivity index (χ2v) is 5.31. The molecule has 1 aromatic rings. The van der Waals surface area contributed by atoms with Crippen LogP contribution in [0.15, 0.2) is 24.3 Å². The Kier molecular flexibility index (Phi) is 2.58. The van der Waals surface area contributed by atoms with Crippen LogP contribution in [0.3, 0.4) is 0 Å². The van der Waals surface area contributed by atoms with Crippen LogP contribution in [0.1, 0.15) is 37.7 Å². The Hall–Kier alpha value is -1.09. The predicted octanol–water partition coefficient (Wildman–Crippen LogP) is 2.90. The van der Waals surface area contributed by atoms with Gasteiger partial charge in [-0.2, -0.15) is 0 Å². The lowest BCUT2D eigenvalue weighted by atomic mass is 9.94. The van der Waals surface area contributed by atoms with Crippen molar-refractivity contribution in [3.8, 4) is 5.75 Å². The lowest BCUT2D eigenvalue weighted by molar-refractivity contribution is 0.171. The highest BCUT2D eigenvalue weighted by Crippen LogP contribution is 2.43. The second kappa shape index (κ2) is 3.98. The van der Waals surface area contributed by atoms with Crippen LogP contribution >= 0.6 is 0 Å². The van der Waals surface area contributed by atoms with E-state index in [9.17, 15) is 4.39 Å². The van der Waals surface area contributed by atoms with E-state index in [0.717, 1.165) is 30.6 Å². The fourth-order valence-electron chi connectivity index (χ4n) is 2.52. The number of alkyl halides is 1. The van der Waals surface area contributed by atoms with Crippen molar-refractivity contribution in [3.63, 3.8) is 0 Å². The normalized spacial score (nSPS) is 32.7. The minimum Gasteiger partial charge on any atom is -0.490 e. The third-order valence-corrected chi connectivity index (χ3v) is 3.68. The molecule has 2 atom stereocenters. The molecule has 0 bridgehead atoms. The van der Waals surface area contributed by atoms with E-state index in [0.29, 0.717) is 18.9 Å². The molecular formula is C14H18FNO. The molecule has 2 aliphatic carbocycles. The van der Waals surface area contributed by atoms with E-state index in [4.69, 9.17) is 10.5 Å². The molecule has 92 valence electrons. The van der Waals surface area contributed by atoms with Crippen molar-refractivity contribution in [2.24, 2.45) is 5.73 Å². The summed E-state index contributed by atoms with van der Waals surface area (Å²) in [5, 5.41) is 0. The molecule has 2 N–H and O–H groups in total. The molecule has 0 heterocycles. The molecule has 0 radical (unpaired) electrons. The number of hydrogen-bond donors (Lipinski definition) is 1. The van der Waals surface area contributed by atoms with E-state index >= 15 is 0 Å². The number of halogens is 1. The molecule has 3 rings (SSSR count). The number of benzene rings is 1. The van der Waals surface area contributed by atoms with E-state index in [2.05, 4.69) is 0 Å². The number of ether oxygens (including phenoxy) is 1. The van der Waals surface area contributed by atoms with Crippen LogP contribution < -0.4 is 10.5 Å². The molecule has 0 aromatic heterocycles. The molecule has 0 amide bonds. The molecule has 0 spiro atoms. The molecule has 3 heteroatoms. The highest BCUT2D eigenvalue weighted by Gasteiger charge is 2.39. The van der Waals surface area contributed by atoms with Crippen molar-refractivity contribution >= 4 is 0 Å². The molecule has 2 saturated carbocycles. The van der Waals surface area contributed by atoms with Gasteiger partial charge in [-0.3, -0.25) is 0 Å². The molecule has 2 nitrogen and oxygen atoms in total. The van der Waals surface area contributed by atoms with Crippen molar-refractivity contribution in [1.29, 1.82) is 0 Å². The molecule has 0 saturated heterocycles. The zero-order valence-electron chi connectivity index (χ0n) is 9.86. The van der Waals surface area contributed by atoms with Crippen molar-refractivity contribution < 1.29 is 9.13 Å². The van der Waals surface area contributed by atoms with Crippen LogP contribution in [0, 0.1) is 0 Å². The minimum atomic E-state index is -1.25. The van der Waals surface area contributed by atoms with E-state index < -0.39 is 5.67 Å². The van der Waals surface area contributed by atoms with Gasteiger partial charge in [0.05, 0.1) is 6.10 Å². The van der Waals surface area contributed by atoms with Gasteiger partial charge in [-0.25, -0.2) is 4.39 Å². The average molecular weight is 235 g/mol. The maximum absolute atomic E-state index is 14.7. The highest BCUT2D eigenvalue weighted by molar-refractivity contribution is 5.33. The Labute approximate surface area is 101 Å². The summed E-state index contributed by atoms with van der Waals surface area (Å²) in [7, 11) is 0. The first-order valence-electron chi connectivity index (χ1n) is 6.37. The van der Waals surface area contributed by atoms with Crippen molar-refractivity contribution in [3.05, 3.63) is 29.8 Å². The summed E-state index contributed by atoms with van der Waals surface area (Å²) in [4.78, 5) is 0. The summed E-state index contributed by atoms with van der Waals surface area (Å²) >= 11 is 0. The lowest BCUT2D eigenvalue weighted by Gasteiger charge is -2.20. The molecule has 17 heavy (non-hydrogen) atoms. The second-order valence-electron chi connectivity index (χ2n) is 5.31. The fourth-order valence-corrected chi connectivity index (χ4v) is 2.52. The van der Waals surface area contributed by atoms with E-state index in [1.165, 1.54) is 0 Å². The fraction of sp³-hybridized carbons (Fsp3) is 0.571. The SMILES string of the molecule is NC1CCC(F)(c2cccc(OC3CC3)c2)C1. The van der Waals surface area contributed by atoms with Gasteiger partial charge in [0.1, 0.15) is 11.4 Å². The summed E-state index contributed by atoms with van der Waals surface area (Å²) in [6.07, 6.45) is 4.32. The van der Waals surface area contributed by atoms with Crippen LogP contribution in [0.5, 0.6) is 5.75 Å². The highest BCUT2D eigenvalue weighted by atomic mass is 19.1. The van der Waals surface area contributed by atoms with Crippen LogP contribution in [0.2, 0.25) is 0 Å². The third-order valence-electron chi connectivity index (χ3n) is 3.68. The molecule has 0 aliphatic heterocycles. The summed E-state index contributed by atoms with van der Waals surface area (Å²) < 4.78 is 20.4. The van der Waals surface area contributed by atoms with E-state index in [-0.39, 0.29) is 6.04 Å². The van der Waals surface area contributed by atoms with Gasteiger partial charge < -0.3 is 10.5 Å². The van der Waals surface area contributed by atoms with Crippen LogP contribution in [0.4, 0.5) is 4.39 Å². The first-order valence-corrected chi connectivity index (χ1v) is 6.37. The Morgan fingerprint density at radius 2 is 2.12 bits per heavy atom. The van der Waals surface area contributed by atoms with Crippen LogP contribution in [-0.4, -0.2) is 12.1 Å². The Bertz CT molecular complexity index is 418. The average Bonchev–Trinajstić information content (AvgIpc) is 3.04. The predicted molar refractivity (Wildman–Crippen MR) is 64.7 cm³/mol. The van der Waals surface area contributed by atoms with Gasteiger partial charge in [0.2, 0.25) is 0 Å². The zero-order valence-corrected chi connectivity index (χ0v) is 9.86. The third kappa shape index (κ3) is 2.29. The molecule has 2 unspecified atom stereocenters. The van der Waals surface area contributed by atoms with Crippen LogP contribution in [-0.2, 0) is 5.67 Å². The summed E-state index contributed by atoms with van der Waals surface area (Å²) in [6, 6.07) is 7.46. The topological polar surface area (TPSA) is 35.2 Å². The standard InChI is InChI=1S/C14H18FNO/c15-14(7-6-11(16)9-14)10-2-1-3-13(8-10)17-12-4-5-12/h1-3,8,11-12H,4-7,9,16H2. The number of rotatable bonds is 3. The zero-order chi connectivity index (χ0) is 11.9. The quantitative estimate of drug-likeness (QED) is 0.874.